The normalized spacial score (nSPS) is 10.2. The topological polar surface area (TPSA) is 24.1 Å². The van der Waals surface area contributed by atoms with E-state index >= 15 is 0 Å². The number of nitrogens with one attached hydrogen (secondary N) is 2. The van der Waals surface area contributed by atoms with E-state index in [-0.39, 0.29) is 0 Å². The minimum Gasteiger partial charge on any atom is -0.332 e. The van der Waals surface area contributed by atoms with Crippen molar-refractivity contribution in [2.45, 2.75) is 27.7 Å². The predicted molar refractivity (Wildman–Crippen MR) is 91.7 cm³/mol. The smallest absolute Gasteiger partial charge is 0.175 e. The molecule has 0 spiro atoms. The van der Waals surface area contributed by atoms with Crippen molar-refractivity contribution in [2.75, 3.05) is 10.6 Å². The van der Waals surface area contributed by atoms with Gasteiger partial charge in [0.25, 0.3) is 0 Å². The van der Waals surface area contributed by atoms with E-state index < -0.39 is 0 Å². The standard InChI is InChI=1S/C17H20N2S/c1-11-5-12(2)8-15(7-11)18-17(20)19-16-9-13(3)6-14(4)10-16/h5-10H,1-4H3,(H2,18,19,20). The Balaban J connectivity index is 2.08. The molecule has 0 aliphatic rings. The Bertz CT molecular complexity index is 551. The van der Waals surface area contributed by atoms with E-state index in [2.05, 4.69) is 74.7 Å². The largest absolute Gasteiger partial charge is 0.332 e. The van der Waals surface area contributed by atoms with E-state index in [0.717, 1.165) is 11.4 Å². The SMILES string of the molecule is Cc1cc(C)cc(NC(=S)Nc2cc(C)cc(C)c2)c1. The molecule has 2 N–H and O–H groups in total. The van der Waals surface area contributed by atoms with E-state index in [4.69, 9.17) is 12.2 Å². The highest BCUT2D eigenvalue weighted by Gasteiger charge is 2.01. The van der Waals surface area contributed by atoms with Gasteiger partial charge < -0.3 is 10.6 Å². The highest BCUT2D eigenvalue weighted by molar-refractivity contribution is 7.80. The zero-order valence-electron chi connectivity index (χ0n) is 12.4. The summed E-state index contributed by atoms with van der Waals surface area (Å²) in [5, 5.41) is 7.07. The monoisotopic (exact) mass is 284 g/mol. The first-order chi connectivity index (χ1) is 9.42. The van der Waals surface area contributed by atoms with Crippen molar-refractivity contribution in [3.8, 4) is 0 Å². The fraction of sp³-hybridized carbons (Fsp3) is 0.235. The zero-order chi connectivity index (χ0) is 14.7. The van der Waals surface area contributed by atoms with Gasteiger partial charge in [-0.05, 0) is 86.4 Å². The van der Waals surface area contributed by atoms with Crippen LogP contribution in [0.25, 0.3) is 0 Å². The number of hydrogen-bond acceptors (Lipinski definition) is 1. The molecule has 2 rings (SSSR count). The molecule has 0 heterocycles. The summed E-state index contributed by atoms with van der Waals surface area (Å²) in [6.45, 7) is 8.33. The van der Waals surface area contributed by atoms with Gasteiger partial charge in [-0.15, -0.1) is 0 Å². The van der Waals surface area contributed by atoms with Gasteiger partial charge in [-0.25, -0.2) is 0 Å². The molecule has 2 nitrogen and oxygen atoms in total. The maximum atomic E-state index is 5.37. The van der Waals surface area contributed by atoms with Gasteiger partial charge in [-0.3, -0.25) is 0 Å². The fourth-order valence-electron chi connectivity index (χ4n) is 2.39. The Morgan fingerprint density at radius 1 is 0.650 bits per heavy atom. The molecule has 0 aromatic heterocycles. The van der Waals surface area contributed by atoms with Gasteiger partial charge in [0.05, 0.1) is 0 Å². The fourth-order valence-corrected chi connectivity index (χ4v) is 2.62. The molecule has 104 valence electrons. The van der Waals surface area contributed by atoms with Crippen LogP contribution in [0.4, 0.5) is 11.4 Å². The number of thiocarbonyl (C=S) groups is 1. The third kappa shape index (κ3) is 4.07. The molecule has 2 aromatic rings. The second kappa shape index (κ2) is 6.06. The molecule has 0 saturated carbocycles. The quantitative estimate of drug-likeness (QED) is 0.780. The Labute approximate surface area is 126 Å². The number of benzene rings is 2. The van der Waals surface area contributed by atoms with Gasteiger partial charge in [0.2, 0.25) is 0 Å². The van der Waals surface area contributed by atoms with Crippen LogP contribution in [0.2, 0.25) is 0 Å². The molecule has 0 unspecified atom stereocenters. The third-order valence-electron chi connectivity index (χ3n) is 2.96. The van der Waals surface area contributed by atoms with Crippen LogP contribution in [-0.4, -0.2) is 5.11 Å². The zero-order valence-corrected chi connectivity index (χ0v) is 13.2. The van der Waals surface area contributed by atoms with E-state index in [9.17, 15) is 0 Å². The molecule has 20 heavy (non-hydrogen) atoms. The lowest BCUT2D eigenvalue weighted by Crippen LogP contribution is -2.19. The van der Waals surface area contributed by atoms with Gasteiger partial charge >= 0.3 is 0 Å². The second-order valence-electron chi connectivity index (χ2n) is 5.33. The summed E-state index contributed by atoms with van der Waals surface area (Å²) in [5.41, 5.74) is 6.93. The molecule has 0 fully saturated rings. The van der Waals surface area contributed by atoms with Gasteiger partial charge in [0.1, 0.15) is 0 Å². The first-order valence-corrected chi connectivity index (χ1v) is 7.08. The molecule has 3 heteroatoms. The summed E-state index contributed by atoms with van der Waals surface area (Å²) in [4.78, 5) is 0. The Morgan fingerprint density at radius 3 is 1.25 bits per heavy atom. The molecule has 0 radical (unpaired) electrons. The van der Waals surface area contributed by atoms with E-state index in [1.807, 2.05) is 0 Å². The summed E-state index contributed by atoms with van der Waals surface area (Å²) >= 11 is 5.37. The molecule has 0 aliphatic heterocycles. The summed E-state index contributed by atoms with van der Waals surface area (Å²) in [6.07, 6.45) is 0. The number of anilines is 2. The van der Waals surface area contributed by atoms with Crippen molar-refractivity contribution < 1.29 is 0 Å². The van der Waals surface area contributed by atoms with Crippen LogP contribution in [0.15, 0.2) is 36.4 Å². The Kier molecular flexibility index (Phi) is 4.40. The maximum absolute atomic E-state index is 5.37. The average Bonchev–Trinajstić information content (AvgIpc) is 2.24. The highest BCUT2D eigenvalue weighted by Crippen LogP contribution is 2.16. The summed E-state index contributed by atoms with van der Waals surface area (Å²) in [7, 11) is 0. The summed E-state index contributed by atoms with van der Waals surface area (Å²) in [5.74, 6) is 0. The van der Waals surface area contributed by atoms with E-state index in [1.54, 1.807) is 0 Å². The van der Waals surface area contributed by atoms with Gasteiger partial charge in [-0.1, -0.05) is 12.1 Å². The molecule has 0 bridgehead atoms. The van der Waals surface area contributed by atoms with Crippen LogP contribution in [0.3, 0.4) is 0 Å². The van der Waals surface area contributed by atoms with Crippen LogP contribution < -0.4 is 10.6 Å². The van der Waals surface area contributed by atoms with Crippen LogP contribution in [-0.2, 0) is 0 Å². The first-order valence-electron chi connectivity index (χ1n) is 6.67. The van der Waals surface area contributed by atoms with Crippen LogP contribution >= 0.6 is 12.2 Å². The molecule has 0 aliphatic carbocycles. The lowest BCUT2D eigenvalue weighted by Gasteiger charge is -2.13. The maximum Gasteiger partial charge on any atom is 0.175 e. The summed E-state index contributed by atoms with van der Waals surface area (Å²) in [6, 6.07) is 12.6. The van der Waals surface area contributed by atoms with Crippen molar-refractivity contribution in [1.82, 2.24) is 0 Å². The molecular formula is C17H20N2S. The van der Waals surface area contributed by atoms with Crippen molar-refractivity contribution >= 4 is 28.7 Å². The Morgan fingerprint density at radius 2 is 0.950 bits per heavy atom. The average molecular weight is 284 g/mol. The number of hydrogen-bond donors (Lipinski definition) is 2. The van der Waals surface area contributed by atoms with Crippen molar-refractivity contribution in [3.63, 3.8) is 0 Å². The predicted octanol–water partition coefficient (Wildman–Crippen LogP) is 4.73. The van der Waals surface area contributed by atoms with E-state index in [0.29, 0.717) is 5.11 Å². The molecular weight excluding hydrogens is 264 g/mol. The lowest BCUT2D eigenvalue weighted by molar-refractivity contribution is 1.37. The number of aryl methyl sites for hydroxylation is 4. The van der Waals surface area contributed by atoms with Gasteiger partial charge in [0, 0.05) is 11.4 Å². The van der Waals surface area contributed by atoms with Crippen molar-refractivity contribution in [3.05, 3.63) is 58.7 Å². The summed E-state index contributed by atoms with van der Waals surface area (Å²) < 4.78 is 0. The first kappa shape index (κ1) is 14.5. The van der Waals surface area contributed by atoms with Gasteiger partial charge in [-0.2, -0.15) is 0 Å². The molecule has 0 amide bonds. The second-order valence-corrected chi connectivity index (χ2v) is 5.74. The molecule has 0 saturated heterocycles. The lowest BCUT2D eigenvalue weighted by atomic mass is 10.1. The third-order valence-corrected chi connectivity index (χ3v) is 3.16. The minimum absolute atomic E-state index is 0.611. The van der Waals surface area contributed by atoms with Crippen LogP contribution in [0.1, 0.15) is 22.3 Å². The number of rotatable bonds is 2. The van der Waals surface area contributed by atoms with Crippen molar-refractivity contribution in [1.29, 1.82) is 0 Å². The van der Waals surface area contributed by atoms with Crippen LogP contribution in [0.5, 0.6) is 0 Å². The minimum atomic E-state index is 0.611. The highest BCUT2D eigenvalue weighted by atomic mass is 32.1. The Hall–Kier alpha value is -1.87. The molecule has 0 atom stereocenters. The van der Waals surface area contributed by atoms with Crippen LogP contribution in [0, 0.1) is 27.7 Å². The van der Waals surface area contributed by atoms with Gasteiger partial charge in [0.15, 0.2) is 5.11 Å². The van der Waals surface area contributed by atoms with E-state index in [1.165, 1.54) is 22.3 Å². The molecule has 2 aromatic carbocycles. The van der Waals surface area contributed by atoms with Crippen molar-refractivity contribution in [2.24, 2.45) is 0 Å².